The van der Waals surface area contributed by atoms with E-state index in [0.29, 0.717) is 30.0 Å². The van der Waals surface area contributed by atoms with Crippen LogP contribution in [-0.4, -0.2) is 40.4 Å². The summed E-state index contributed by atoms with van der Waals surface area (Å²) in [6, 6.07) is 0. The van der Waals surface area contributed by atoms with E-state index in [-0.39, 0.29) is 16.9 Å². The molecule has 6 nitrogen and oxygen atoms in total. The van der Waals surface area contributed by atoms with Gasteiger partial charge in [0.2, 0.25) is 0 Å². The minimum absolute atomic E-state index is 0.0719. The van der Waals surface area contributed by atoms with Crippen LogP contribution in [0.1, 0.15) is 22.3 Å². The lowest BCUT2D eigenvalue weighted by Crippen LogP contribution is -2.34. The quantitative estimate of drug-likeness (QED) is 0.754. The summed E-state index contributed by atoms with van der Waals surface area (Å²) in [5, 5.41) is 0.461. The molecule has 0 bridgehead atoms. The number of likely N-dealkylation sites (tertiary alicyclic amines) is 1. The minimum Gasteiger partial charge on any atom is -0.360 e. The van der Waals surface area contributed by atoms with Crippen molar-refractivity contribution in [2.24, 2.45) is 17.1 Å². The van der Waals surface area contributed by atoms with Gasteiger partial charge in [-0.3, -0.25) is 9.59 Å². The molecular weight excluding hydrogens is 268 g/mol. The number of nitrogens with one attached hydrogen (secondary N) is 2. The number of piperidine rings is 1. The van der Waals surface area contributed by atoms with E-state index >= 15 is 0 Å². The van der Waals surface area contributed by atoms with E-state index in [0.717, 1.165) is 24.0 Å². The molecule has 2 fully saturated rings. The number of aromatic nitrogens is 2. The van der Waals surface area contributed by atoms with Crippen LogP contribution >= 0.6 is 0 Å². The third kappa shape index (κ3) is 1.62. The van der Waals surface area contributed by atoms with Crippen LogP contribution in [0.2, 0.25) is 0 Å². The van der Waals surface area contributed by atoms with E-state index in [4.69, 9.17) is 5.73 Å². The van der Waals surface area contributed by atoms with Gasteiger partial charge in [-0.2, -0.15) is 0 Å². The Morgan fingerprint density at radius 3 is 3.00 bits per heavy atom. The number of aryl methyl sites for hydroxylation is 1. The van der Waals surface area contributed by atoms with Gasteiger partial charge < -0.3 is 20.6 Å². The highest BCUT2D eigenvalue weighted by atomic mass is 16.2. The second-order valence-electron chi connectivity index (χ2n) is 6.41. The Morgan fingerprint density at radius 2 is 2.29 bits per heavy atom. The monoisotopic (exact) mass is 286 g/mol. The highest BCUT2D eigenvalue weighted by Gasteiger charge is 2.59. The Kier molecular flexibility index (Phi) is 2.39. The molecule has 0 unspecified atom stereocenters. The van der Waals surface area contributed by atoms with Gasteiger partial charge in [-0.1, -0.05) is 0 Å². The van der Waals surface area contributed by atoms with E-state index in [1.807, 2.05) is 11.8 Å². The van der Waals surface area contributed by atoms with Crippen LogP contribution in [0.5, 0.6) is 0 Å². The molecule has 0 spiro atoms. The van der Waals surface area contributed by atoms with Crippen LogP contribution in [0.3, 0.4) is 0 Å². The number of aromatic amines is 2. The van der Waals surface area contributed by atoms with Gasteiger partial charge >= 0.3 is 0 Å². The number of hydrogen-bond acceptors (Lipinski definition) is 3. The first kappa shape index (κ1) is 12.6. The molecule has 1 saturated carbocycles. The maximum absolute atomic E-state index is 12.7. The third-order valence-electron chi connectivity index (χ3n) is 5.15. The van der Waals surface area contributed by atoms with Crippen molar-refractivity contribution in [3.63, 3.8) is 0 Å². The van der Waals surface area contributed by atoms with Gasteiger partial charge in [-0.15, -0.1) is 0 Å². The number of hydrogen-bond donors (Lipinski definition) is 3. The number of H-pyrrole nitrogens is 2. The standard InChI is InChI=1S/C15H18N4O2/c1-8-3-18-13(20)11-10(4-17-12(8)11)14(21)19-5-9-2-15(9,6-16)7-19/h3-4,9,17H,2,5-7,16H2,1H3,(H,18,20)/t9-,15-/m0/s1. The zero-order valence-electron chi connectivity index (χ0n) is 11.9. The highest BCUT2D eigenvalue weighted by molar-refractivity contribution is 6.07. The molecule has 1 saturated heterocycles. The van der Waals surface area contributed by atoms with Crippen LogP contribution in [0.4, 0.5) is 0 Å². The predicted octanol–water partition coefficient (Wildman–Crippen LogP) is 0.585. The van der Waals surface area contributed by atoms with Crippen molar-refractivity contribution in [2.45, 2.75) is 13.3 Å². The maximum atomic E-state index is 12.7. The Labute approximate surface area is 121 Å². The zero-order valence-corrected chi connectivity index (χ0v) is 11.9. The van der Waals surface area contributed by atoms with Crippen molar-refractivity contribution in [3.8, 4) is 0 Å². The summed E-state index contributed by atoms with van der Waals surface area (Å²) in [6.45, 7) is 4.00. The molecule has 2 atom stereocenters. The van der Waals surface area contributed by atoms with Crippen molar-refractivity contribution in [2.75, 3.05) is 19.6 Å². The number of fused-ring (bicyclic) bond motifs is 2. The molecule has 0 aromatic carbocycles. The van der Waals surface area contributed by atoms with Crippen LogP contribution in [0.15, 0.2) is 17.2 Å². The second-order valence-corrected chi connectivity index (χ2v) is 6.41. The predicted molar refractivity (Wildman–Crippen MR) is 79.2 cm³/mol. The number of pyridine rings is 1. The van der Waals surface area contributed by atoms with E-state index in [2.05, 4.69) is 9.97 Å². The average Bonchev–Trinajstić information content (AvgIpc) is 2.88. The van der Waals surface area contributed by atoms with Crippen LogP contribution in [-0.2, 0) is 0 Å². The zero-order chi connectivity index (χ0) is 14.8. The summed E-state index contributed by atoms with van der Waals surface area (Å²) in [4.78, 5) is 32.4. The van der Waals surface area contributed by atoms with Crippen LogP contribution < -0.4 is 11.3 Å². The van der Waals surface area contributed by atoms with Crippen molar-refractivity contribution in [3.05, 3.63) is 33.9 Å². The maximum Gasteiger partial charge on any atom is 0.258 e. The van der Waals surface area contributed by atoms with Crippen molar-refractivity contribution in [1.82, 2.24) is 14.9 Å². The van der Waals surface area contributed by atoms with Gasteiger partial charge in [0.05, 0.1) is 16.5 Å². The normalized spacial score (nSPS) is 27.1. The summed E-state index contributed by atoms with van der Waals surface area (Å²) < 4.78 is 0. The molecule has 2 aliphatic rings. The molecule has 1 amide bonds. The molecule has 110 valence electrons. The van der Waals surface area contributed by atoms with Crippen molar-refractivity contribution < 1.29 is 4.79 Å². The lowest BCUT2D eigenvalue weighted by molar-refractivity contribution is 0.0767. The first-order valence-electron chi connectivity index (χ1n) is 7.24. The van der Waals surface area contributed by atoms with Gasteiger partial charge in [0.1, 0.15) is 0 Å². The summed E-state index contributed by atoms with van der Waals surface area (Å²) >= 11 is 0. The molecule has 2 aromatic heterocycles. The van der Waals surface area contributed by atoms with E-state index in [1.54, 1.807) is 12.4 Å². The summed E-state index contributed by atoms with van der Waals surface area (Å²) in [5.41, 5.74) is 7.87. The summed E-state index contributed by atoms with van der Waals surface area (Å²) in [7, 11) is 0. The lowest BCUT2D eigenvalue weighted by atomic mass is 10.1. The Hall–Kier alpha value is -2.08. The molecule has 21 heavy (non-hydrogen) atoms. The molecule has 3 heterocycles. The number of nitrogens with two attached hydrogens (primary N) is 1. The summed E-state index contributed by atoms with van der Waals surface area (Å²) in [6.07, 6.45) is 4.43. The first-order valence-corrected chi connectivity index (χ1v) is 7.24. The number of rotatable bonds is 2. The molecular formula is C15H18N4O2. The minimum atomic E-state index is -0.224. The molecule has 4 N–H and O–H groups in total. The largest absolute Gasteiger partial charge is 0.360 e. The number of amides is 1. The lowest BCUT2D eigenvalue weighted by Gasteiger charge is -2.20. The summed E-state index contributed by atoms with van der Waals surface area (Å²) in [5.74, 6) is 0.467. The van der Waals surface area contributed by atoms with E-state index in [1.165, 1.54) is 0 Å². The van der Waals surface area contributed by atoms with E-state index in [9.17, 15) is 9.59 Å². The number of carbonyl (C=O) groups excluding carboxylic acids is 1. The molecule has 1 aliphatic carbocycles. The average molecular weight is 286 g/mol. The van der Waals surface area contributed by atoms with Gasteiger partial charge in [0.15, 0.2) is 0 Å². The van der Waals surface area contributed by atoms with Gasteiger partial charge in [-0.25, -0.2) is 0 Å². The fourth-order valence-electron chi connectivity index (χ4n) is 3.69. The number of nitrogens with zero attached hydrogens (tertiary/aromatic N) is 1. The highest BCUT2D eigenvalue weighted by Crippen LogP contribution is 2.57. The fourth-order valence-corrected chi connectivity index (χ4v) is 3.69. The molecule has 4 rings (SSSR count). The van der Waals surface area contributed by atoms with Crippen molar-refractivity contribution in [1.29, 1.82) is 0 Å². The molecule has 2 aromatic rings. The molecule has 1 aliphatic heterocycles. The Morgan fingerprint density at radius 1 is 1.48 bits per heavy atom. The van der Waals surface area contributed by atoms with Crippen LogP contribution in [0.25, 0.3) is 10.9 Å². The van der Waals surface area contributed by atoms with Gasteiger partial charge in [-0.05, 0) is 31.4 Å². The third-order valence-corrected chi connectivity index (χ3v) is 5.15. The van der Waals surface area contributed by atoms with E-state index < -0.39 is 0 Å². The Balaban J connectivity index is 1.73. The van der Waals surface area contributed by atoms with Gasteiger partial charge in [0, 0.05) is 30.9 Å². The number of carbonyl (C=O) groups is 1. The fraction of sp³-hybridized carbons (Fsp3) is 0.467. The molecule has 0 radical (unpaired) electrons. The Bertz CT molecular complexity index is 802. The topological polar surface area (TPSA) is 95.0 Å². The van der Waals surface area contributed by atoms with Gasteiger partial charge in [0.25, 0.3) is 11.5 Å². The second kappa shape index (κ2) is 3.98. The SMILES string of the molecule is Cc1c[nH]c(=O)c2c(C(=O)N3C[C@@H]4C[C@]4(CN)C3)c[nH]c12. The molecule has 6 heteroatoms. The first-order chi connectivity index (χ1) is 10.1. The van der Waals surface area contributed by atoms with Crippen LogP contribution in [0, 0.1) is 18.3 Å². The smallest absolute Gasteiger partial charge is 0.258 e. The van der Waals surface area contributed by atoms with Crippen molar-refractivity contribution >= 4 is 16.8 Å².